The van der Waals surface area contributed by atoms with E-state index in [1.54, 1.807) is 0 Å². The van der Waals surface area contributed by atoms with Crippen LogP contribution in [0.2, 0.25) is 0 Å². The molecule has 0 aliphatic carbocycles. The van der Waals surface area contributed by atoms with Gasteiger partial charge in [0.1, 0.15) is 5.82 Å². The minimum absolute atomic E-state index is 1.07. The molecule has 0 spiro atoms. The Labute approximate surface area is 78.6 Å². The zero-order valence-electron chi connectivity index (χ0n) is 8.03. The Morgan fingerprint density at radius 2 is 2.31 bits per heavy atom. The van der Waals surface area contributed by atoms with Crippen LogP contribution in [0.5, 0.6) is 0 Å². The summed E-state index contributed by atoms with van der Waals surface area (Å²) in [7, 11) is 2.04. The maximum Gasteiger partial charge on any atom is 0.128 e. The topological polar surface area (TPSA) is 33.1 Å². The summed E-state index contributed by atoms with van der Waals surface area (Å²) in [6.45, 7) is 4.42. The van der Waals surface area contributed by atoms with Crippen LogP contribution in [-0.4, -0.2) is 35.7 Å². The van der Waals surface area contributed by atoms with Crippen molar-refractivity contribution < 1.29 is 0 Å². The Bertz CT molecular complexity index is 260. The van der Waals surface area contributed by atoms with Gasteiger partial charge in [-0.3, -0.25) is 0 Å². The fraction of sp³-hybridized carbons (Fsp3) is 0.667. The minimum Gasteiger partial charge on any atom is -0.355 e. The Kier molecular flexibility index (Phi) is 2.49. The molecule has 1 aromatic heterocycles. The van der Waals surface area contributed by atoms with E-state index in [0.29, 0.717) is 0 Å². The molecule has 1 fully saturated rings. The van der Waals surface area contributed by atoms with Crippen molar-refractivity contribution in [1.82, 2.24) is 14.9 Å². The molecule has 2 rings (SSSR count). The molecule has 2 heterocycles. The first-order valence-electron chi connectivity index (χ1n) is 4.80. The predicted octanol–water partition coefficient (Wildman–Crippen LogP) is 0.220. The molecule has 4 nitrogen and oxygen atoms in total. The number of rotatable bonds is 1. The Morgan fingerprint density at radius 3 is 3.08 bits per heavy atom. The van der Waals surface area contributed by atoms with Crippen molar-refractivity contribution in [2.75, 3.05) is 31.1 Å². The molecule has 0 atom stereocenters. The second-order valence-corrected chi connectivity index (χ2v) is 3.45. The molecule has 0 saturated carbocycles. The maximum atomic E-state index is 4.13. The van der Waals surface area contributed by atoms with Crippen LogP contribution in [0.4, 0.5) is 5.82 Å². The summed E-state index contributed by atoms with van der Waals surface area (Å²) < 4.78 is 2.07. The highest BCUT2D eigenvalue weighted by molar-refractivity contribution is 5.37. The molecule has 1 saturated heterocycles. The van der Waals surface area contributed by atoms with Crippen molar-refractivity contribution in [3.63, 3.8) is 0 Å². The zero-order valence-corrected chi connectivity index (χ0v) is 8.03. The van der Waals surface area contributed by atoms with E-state index in [0.717, 1.165) is 26.2 Å². The largest absolute Gasteiger partial charge is 0.355 e. The van der Waals surface area contributed by atoms with E-state index in [-0.39, 0.29) is 0 Å². The van der Waals surface area contributed by atoms with Crippen molar-refractivity contribution in [1.29, 1.82) is 0 Å². The Balaban J connectivity index is 2.10. The number of nitrogens with one attached hydrogen (secondary N) is 1. The number of nitrogens with zero attached hydrogens (tertiary/aromatic N) is 3. The van der Waals surface area contributed by atoms with Gasteiger partial charge in [0, 0.05) is 26.7 Å². The summed E-state index contributed by atoms with van der Waals surface area (Å²) in [5, 5.41) is 3.39. The average molecular weight is 180 g/mol. The highest BCUT2D eigenvalue weighted by Crippen LogP contribution is 2.12. The van der Waals surface area contributed by atoms with Gasteiger partial charge in [-0.05, 0) is 13.0 Å². The van der Waals surface area contributed by atoms with Crippen LogP contribution in [0.3, 0.4) is 0 Å². The molecule has 1 aliphatic rings. The van der Waals surface area contributed by atoms with E-state index in [4.69, 9.17) is 0 Å². The van der Waals surface area contributed by atoms with E-state index in [1.807, 2.05) is 19.6 Å². The fourth-order valence-corrected chi connectivity index (χ4v) is 1.73. The molecule has 4 heteroatoms. The van der Waals surface area contributed by atoms with Gasteiger partial charge in [-0.15, -0.1) is 0 Å². The van der Waals surface area contributed by atoms with Crippen molar-refractivity contribution in [2.24, 2.45) is 7.05 Å². The fourth-order valence-electron chi connectivity index (χ4n) is 1.73. The second kappa shape index (κ2) is 3.79. The summed E-state index contributed by atoms with van der Waals surface area (Å²) in [6, 6.07) is 0. The SMILES string of the molecule is Cn1cncc1N1CCCNCC1. The van der Waals surface area contributed by atoms with Gasteiger partial charge in [-0.2, -0.15) is 0 Å². The molecule has 0 unspecified atom stereocenters. The first-order valence-corrected chi connectivity index (χ1v) is 4.80. The van der Waals surface area contributed by atoms with Crippen LogP contribution in [0.25, 0.3) is 0 Å². The molecule has 0 amide bonds. The van der Waals surface area contributed by atoms with Crippen LogP contribution in [0.15, 0.2) is 12.5 Å². The van der Waals surface area contributed by atoms with Gasteiger partial charge in [0.05, 0.1) is 12.5 Å². The predicted molar refractivity (Wildman–Crippen MR) is 52.9 cm³/mol. The van der Waals surface area contributed by atoms with E-state index in [2.05, 4.69) is 19.8 Å². The van der Waals surface area contributed by atoms with Crippen LogP contribution in [0.1, 0.15) is 6.42 Å². The Morgan fingerprint density at radius 1 is 1.38 bits per heavy atom. The van der Waals surface area contributed by atoms with Crippen molar-refractivity contribution in [3.05, 3.63) is 12.5 Å². The van der Waals surface area contributed by atoms with Crippen LogP contribution >= 0.6 is 0 Å². The van der Waals surface area contributed by atoms with Crippen molar-refractivity contribution in [2.45, 2.75) is 6.42 Å². The highest BCUT2D eigenvalue weighted by atomic mass is 15.3. The third kappa shape index (κ3) is 1.83. The standard InChI is InChI=1S/C9H16N4/c1-12-8-11-7-9(12)13-5-2-3-10-4-6-13/h7-8,10H,2-6H2,1H3. The maximum absolute atomic E-state index is 4.13. The normalized spacial score (nSPS) is 18.7. The van der Waals surface area contributed by atoms with Gasteiger partial charge in [0.2, 0.25) is 0 Å². The first-order chi connectivity index (χ1) is 6.38. The van der Waals surface area contributed by atoms with Crippen LogP contribution in [0, 0.1) is 0 Å². The molecule has 1 aromatic rings. The van der Waals surface area contributed by atoms with Gasteiger partial charge in [-0.1, -0.05) is 0 Å². The quantitative estimate of drug-likeness (QED) is 0.671. The lowest BCUT2D eigenvalue weighted by Gasteiger charge is -2.21. The molecular weight excluding hydrogens is 164 g/mol. The number of anilines is 1. The summed E-state index contributed by atoms with van der Waals surface area (Å²) in [4.78, 5) is 6.51. The van der Waals surface area contributed by atoms with E-state index in [9.17, 15) is 0 Å². The summed E-state index contributed by atoms with van der Waals surface area (Å²) in [6.07, 6.45) is 5.00. The van der Waals surface area contributed by atoms with Crippen LogP contribution in [-0.2, 0) is 7.05 Å². The number of imidazole rings is 1. The third-order valence-corrected chi connectivity index (χ3v) is 2.46. The summed E-state index contributed by atoms with van der Waals surface area (Å²) >= 11 is 0. The summed E-state index contributed by atoms with van der Waals surface area (Å²) in [5.41, 5.74) is 0. The lowest BCUT2D eigenvalue weighted by molar-refractivity contribution is 0.724. The summed E-state index contributed by atoms with van der Waals surface area (Å²) in [5.74, 6) is 1.23. The Hall–Kier alpha value is -1.03. The van der Waals surface area contributed by atoms with Gasteiger partial charge in [-0.25, -0.2) is 4.98 Å². The molecule has 0 aromatic carbocycles. The monoisotopic (exact) mass is 180 g/mol. The lowest BCUT2D eigenvalue weighted by Crippen LogP contribution is -2.29. The minimum atomic E-state index is 1.07. The van der Waals surface area contributed by atoms with Gasteiger partial charge in [0.15, 0.2) is 0 Å². The number of hydrogen-bond donors (Lipinski definition) is 1. The third-order valence-electron chi connectivity index (χ3n) is 2.46. The number of aryl methyl sites for hydroxylation is 1. The van der Waals surface area contributed by atoms with Crippen molar-refractivity contribution >= 4 is 5.82 Å². The molecular formula is C9H16N4. The number of hydrogen-bond acceptors (Lipinski definition) is 3. The smallest absolute Gasteiger partial charge is 0.128 e. The van der Waals surface area contributed by atoms with E-state index < -0.39 is 0 Å². The zero-order chi connectivity index (χ0) is 9.10. The van der Waals surface area contributed by atoms with Gasteiger partial charge < -0.3 is 14.8 Å². The lowest BCUT2D eigenvalue weighted by atomic mass is 10.4. The average Bonchev–Trinajstić information content (AvgIpc) is 2.43. The van der Waals surface area contributed by atoms with Gasteiger partial charge in [0.25, 0.3) is 0 Å². The molecule has 1 N–H and O–H groups in total. The van der Waals surface area contributed by atoms with Gasteiger partial charge >= 0.3 is 0 Å². The van der Waals surface area contributed by atoms with E-state index >= 15 is 0 Å². The highest BCUT2D eigenvalue weighted by Gasteiger charge is 2.11. The molecule has 0 bridgehead atoms. The van der Waals surface area contributed by atoms with E-state index in [1.165, 1.54) is 12.2 Å². The van der Waals surface area contributed by atoms with Crippen molar-refractivity contribution in [3.8, 4) is 0 Å². The molecule has 13 heavy (non-hydrogen) atoms. The molecule has 1 aliphatic heterocycles. The first kappa shape index (κ1) is 8.56. The molecule has 0 radical (unpaired) electrons. The second-order valence-electron chi connectivity index (χ2n) is 3.45. The number of aromatic nitrogens is 2. The molecule has 72 valence electrons. The van der Waals surface area contributed by atoms with Crippen LogP contribution < -0.4 is 10.2 Å².